The molecule has 11 heteroatoms. The number of anilines is 2. The van der Waals surface area contributed by atoms with Gasteiger partial charge in [0.15, 0.2) is 5.13 Å². The van der Waals surface area contributed by atoms with E-state index >= 15 is 0 Å². The molecule has 0 aromatic carbocycles. The first-order valence-electron chi connectivity index (χ1n) is 9.64. The Hall–Kier alpha value is -2.66. The molecule has 0 radical (unpaired) electrons. The second-order valence-electron chi connectivity index (χ2n) is 6.42. The summed E-state index contributed by atoms with van der Waals surface area (Å²) in [7, 11) is 0. The van der Waals surface area contributed by atoms with E-state index in [0.717, 1.165) is 16.5 Å². The Bertz CT molecular complexity index is 904. The average Bonchev–Trinajstić information content (AvgIpc) is 3.37. The highest BCUT2D eigenvalue weighted by molar-refractivity contribution is 7.18. The highest BCUT2D eigenvalue weighted by Crippen LogP contribution is 2.34. The molecule has 0 unspecified atom stereocenters. The van der Waals surface area contributed by atoms with Crippen LogP contribution in [0.2, 0.25) is 0 Å². The lowest BCUT2D eigenvalue weighted by atomic mass is 10.1. The molecule has 2 amide bonds. The van der Waals surface area contributed by atoms with Crippen molar-refractivity contribution in [3.8, 4) is 0 Å². The van der Waals surface area contributed by atoms with E-state index in [4.69, 9.17) is 9.47 Å². The number of amides is 2. The third kappa shape index (κ3) is 4.73. The van der Waals surface area contributed by atoms with Crippen molar-refractivity contribution < 1.29 is 23.9 Å². The third-order valence-corrected chi connectivity index (χ3v) is 6.58. The molecule has 0 spiro atoms. The van der Waals surface area contributed by atoms with Crippen molar-refractivity contribution in [1.29, 1.82) is 0 Å². The van der Waals surface area contributed by atoms with Crippen molar-refractivity contribution in [2.75, 3.05) is 49.6 Å². The molecule has 3 heterocycles. The van der Waals surface area contributed by atoms with Gasteiger partial charge in [-0.15, -0.1) is 22.7 Å². The summed E-state index contributed by atoms with van der Waals surface area (Å²) < 4.78 is 10.2. The van der Waals surface area contributed by atoms with Crippen LogP contribution in [0.15, 0.2) is 11.6 Å². The average molecular weight is 453 g/mol. The number of nitrogens with one attached hydrogen (secondary N) is 1. The first-order valence-corrected chi connectivity index (χ1v) is 11.3. The molecule has 1 aliphatic rings. The van der Waals surface area contributed by atoms with Crippen molar-refractivity contribution in [1.82, 2.24) is 9.88 Å². The standard InChI is InChI=1S/C19H24N4O5S2/c1-4-27-16(24)13-12(3)14(17(25)28-5-2)30-15(13)21-18(26)22-7-9-23(10-8-22)19-20-6-11-29-19/h6,11H,4-5,7-10H2,1-3H3,(H,21,26). The van der Waals surface area contributed by atoms with E-state index in [1.807, 2.05) is 5.38 Å². The monoisotopic (exact) mass is 452 g/mol. The number of nitrogens with zero attached hydrogens (tertiary/aromatic N) is 3. The Morgan fingerprint density at radius 2 is 1.77 bits per heavy atom. The van der Waals surface area contributed by atoms with Crippen LogP contribution in [0.1, 0.15) is 39.4 Å². The van der Waals surface area contributed by atoms with Crippen molar-refractivity contribution >= 4 is 50.8 Å². The zero-order chi connectivity index (χ0) is 21.7. The summed E-state index contributed by atoms with van der Waals surface area (Å²) in [5.41, 5.74) is 0.639. The number of ether oxygens (including phenoxy) is 2. The molecule has 0 aliphatic carbocycles. The molecular formula is C19H24N4O5S2. The van der Waals surface area contributed by atoms with Crippen LogP contribution >= 0.6 is 22.7 Å². The lowest BCUT2D eigenvalue weighted by molar-refractivity contribution is 0.0527. The molecule has 2 aromatic heterocycles. The quantitative estimate of drug-likeness (QED) is 0.672. The first-order chi connectivity index (χ1) is 14.5. The molecule has 0 atom stereocenters. The number of esters is 2. The lowest BCUT2D eigenvalue weighted by Crippen LogP contribution is -2.50. The number of piperazine rings is 1. The molecule has 1 aliphatic heterocycles. The second-order valence-corrected chi connectivity index (χ2v) is 8.31. The maximum Gasteiger partial charge on any atom is 0.348 e. The largest absolute Gasteiger partial charge is 0.462 e. The van der Waals surface area contributed by atoms with Crippen LogP contribution in [0, 0.1) is 6.92 Å². The number of rotatable bonds is 6. The van der Waals surface area contributed by atoms with E-state index in [2.05, 4.69) is 15.2 Å². The zero-order valence-electron chi connectivity index (χ0n) is 17.1. The summed E-state index contributed by atoms with van der Waals surface area (Å²) in [5.74, 6) is -1.10. The van der Waals surface area contributed by atoms with Crippen LogP contribution in [0.4, 0.5) is 14.9 Å². The van der Waals surface area contributed by atoms with Gasteiger partial charge in [-0.1, -0.05) is 0 Å². The number of carbonyl (C=O) groups excluding carboxylic acids is 3. The Labute approximate surface area is 182 Å². The highest BCUT2D eigenvalue weighted by Gasteiger charge is 2.29. The van der Waals surface area contributed by atoms with Gasteiger partial charge >= 0.3 is 18.0 Å². The Morgan fingerprint density at radius 3 is 2.37 bits per heavy atom. The first kappa shape index (κ1) is 22.0. The van der Waals surface area contributed by atoms with Crippen molar-refractivity contribution in [3.63, 3.8) is 0 Å². The van der Waals surface area contributed by atoms with Crippen LogP contribution in [-0.2, 0) is 9.47 Å². The Kier molecular flexibility index (Phi) is 7.27. The number of carbonyl (C=O) groups is 3. The maximum atomic E-state index is 12.8. The molecule has 3 rings (SSSR count). The van der Waals surface area contributed by atoms with E-state index in [-0.39, 0.29) is 29.7 Å². The number of hydrogen-bond acceptors (Lipinski definition) is 9. The maximum absolute atomic E-state index is 12.8. The Balaban J connectivity index is 1.74. The number of hydrogen-bond donors (Lipinski definition) is 1. The zero-order valence-corrected chi connectivity index (χ0v) is 18.7. The summed E-state index contributed by atoms with van der Waals surface area (Å²) >= 11 is 2.59. The predicted molar refractivity (Wildman–Crippen MR) is 116 cm³/mol. The van der Waals surface area contributed by atoms with Gasteiger partial charge < -0.3 is 19.3 Å². The fourth-order valence-corrected chi connectivity index (χ4v) is 4.87. The summed E-state index contributed by atoms with van der Waals surface area (Å²) in [6.07, 6.45) is 1.76. The molecule has 1 saturated heterocycles. The second kappa shape index (κ2) is 9.90. The number of aromatic nitrogens is 1. The molecular weight excluding hydrogens is 428 g/mol. The number of thiazole rings is 1. The van der Waals surface area contributed by atoms with Crippen LogP contribution < -0.4 is 10.2 Å². The molecule has 1 fully saturated rings. The van der Waals surface area contributed by atoms with Gasteiger partial charge in [0.05, 0.1) is 18.8 Å². The third-order valence-electron chi connectivity index (χ3n) is 4.56. The minimum atomic E-state index is -0.578. The molecule has 0 saturated carbocycles. The van der Waals surface area contributed by atoms with E-state index in [9.17, 15) is 14.4 Å². The molecule has 0 bridgehead atoms. The van der Waals surface area contributed by atoms with Crippen LogP contribution in [0.3, 0.4) is 0 Å². The minimum Gasteiger partial charge on any atom is -0.462 e. The number of urea groups is 1. The van der Waals surface area contributed by atoms with E-state index in [1.165, 1.54) is 0 Å². The fraction of sp³-hybridized carbons (Fsp3) is 0.474. The molecule has 162 valence electrons. The van der Waals surface area contributed by atoms with Crippen molar-refractivity contribution in [2.24, 2.45) is 0 Å². The smallest absolute Gasteiger partial charge is 0.348 e. The predicted octanol–water partition coefficient (Wildman–Crippen LogP) is 3.22. The Morgan fingerprint density at radius 1 is 1.10 bits per heavy atom. The van der Waals surface area contributed by atoms with Gasteiger partial charge in [-0.3, -0.25) is 5.32 Å². The lowest BCUT2D eigenvalue weighted by Gasteiger charge is -2.34. The van der Waals surface area contributed by atoms with Crippen LogP contribution in [0.5, 0.6) is 0 Å². The van der Waals surface area contributed by atoms with E-state index in [1.54, 1.807) is 43.2 Å². The van der Waals surface area contributed by atoms with Gasteiger partial charge in [0.2, 0.25) is 0 Å². The van der Waals surface area contributed by atoms with Gasteiger partial charge in [0.25, 0.3) is 0 Å². The van der Waals surface area contributed by atoms with Gasteiger partial charge in [-0.2, -0.15) is 0 Å². The molecule has 30 heavy (non-hydrogen) atoms. The van der Waals surface area contributed by atoms with Crippen LogP contribution in [-0.4, -0.2) is 67.2 Å². The van der Waals surface area contributed by atoms with Crippen LogP contribution in [0.25, 0.3) is 0 Å². The van der Waals surface area contributed by atoms with Gasteiger partial charge in [-0.25, -0.2) is 19.4 Å². The summed E-state index contributed by atoms with van der Waals surface area (Å²) in [6, 6.07) is -0.323. The molecule has 9 nitrogen and oxygen atoms in total. The van der Waals surface area contributed by atoms with Gasteiger partial charge in [0, 0.05) is 37.8 Å². The fourth-order valence-electron chi connectivity index (χ4n) is 3.09. The van der Waals surface area contributed by atoms with Crippen molar-refractivity contribution in [3.05, 3.63) is 27.6 Å². The number of thiophene rings is 1. The van der Waals surface area contributed by atoms with Gasteiger partial charge in [-0.05, 0) is 26.3 Å². The van der Waals surface area contributed by atoms with Crippen molar-refractivity contribution in [2.45, 2.75) is 20.8 Å². The minimum absolute atomic E-state index is 0.189. The van der Waals surface area contributed by atoms with Gasteiger partial charge in [0.1, 0.15) is 9.88 Å². The van der Waals surface area contributed by atoms with E-state index < -0.39 is 11.9 Å². The summed E-state index contributed by atoms with van der Waals surface area (Å²) in [5, 5.41) is 5.95. The summed E-state index contributed by atoms with van der Waals surface area (Å²) in [4.78, 5) is 45.9. The highest BCUT2D eigenvalue weighted by atomic mass is 32.1. The summed E-state index contributed by atoms with van der Waals surface area (Å²) in [6.45, 7) is 7.85. The normalized spacial score (nSPS) is 13.8. The topological polar surface area (TPSA) is 101 Å². The SMILES string of the molecule is CCOC(=O)c1sc(NC(=O)N2CCN(c3nccs3)CC2)c(C(=O)OCC)c1C. The van der Waals surface area contributed by atoms with E-state index in [0.29, 0.717) is 36.7 Å². The molecule has 2 aromatic rings. The molecule has 1 N–H and O–H groups in total.